The Hall–Kier alpha value is -0.940. The fourth-order valence-electron chi connectivity index (χ4n) is 1.37. The summed E-state index contributed by atoms with van der Waals surface area (Å²) in [6.07, 6.45) is 0.463. The molecule has 0 amide bonds. The average Bonchev–Trinajstić information content (AvgIpc) is 2.14. The standard InChI is InChI=1S/C10H20N2O3/c1-6(2)3-7(10(14)15)4-9(13)8(12)5-11/h6-8H,3-5,11-12H2,1-2H3,(H,14,15)/t7-,8-/m1/s1. The van der Waals surface area contributed by atoms with Gasteiger partial charge >= 0.3 is 5.97 Å². The Bertz CT molecular complexity index is 229. The van der Waals surface area contributed by atoms with Crippen molar-refractivity contribution in [3.05, 3.63) is 0 Å². The normalized spacial score (nSPS) is 15.0. The molecule has 88 valence electrons. The lowest BCUT2D eigenvalue weighted by atomic mass is 9.91. The molecule has 0 aromatic heterocycles. The molecule has 0 aliphatic rings. The Balaban J connectivity index is 4.29. The highest BCUT2D eigenvalue weighted by Gasteiger charge is 2.24. The Kier molecular flexibility index (Phi) is 6.12. The van der Waals surface area contributed by atoms with Crippen molar-refractivity contribution in [1.82, 2.24) is 0 Å². The van der Waals surface area contributed by atoms with Gasteiger partial charge in [0.2, 0.25) is 0 Å². The number of carbonyl (C=O) groups is 2. The molecule has 0 heterocycles. The highest BCUT2D eigenvalue weighted by molar-refractivity contribution is 5.87. The molecule has 0 aliphatic heterocycles. The molecule has 0 aromatic rings. The van der Waals surface area contributed by atoms with Crippen molar-refractivity contribution in [3.8, 4) is 0 Å². The van der Waals surface area contributed by atoms with Gasteiger partial charge in [-0.05, 0) is 12.3 Å². The van der Waals surface area contributed by atoms with E-state index < -0.39 is 17.9 Å². The summed E-state index contributed by atoms with van der Waals surface area (Å²) >= 11 is 0. The predicted molar refractivity (Wildman–Crippen MR) is 57.2 cm³/mol. The summed E-state index contributed by atoms with van der Waals surface area (Å²) in [4.78, 5) is 22.3. The summed E-state index contributed by atoms with van der Waals surface area (Å²) in [5, 5.41) is 8.90. The summed E-state index contributed by atoms with van der Waals surface area (Å²) in [5.74, 6) is -1.62. The van der Waals surface area contributed by atoms with Crippen LogP contribution in [-0.2, 0) is 9.59 Å². The predicted octanol–water partition coefficient (Wildman–Crippen LogP) is -0.0215. The molecular weight excluding hydrogens is 196 g/mol. The average molecular weight is 216 g/mol. The number of carboxylic acid groups (broad SMARTS) is 1. The SMILES string of the molecule is CC(C)C[C@H](CC(=O)[C@H](N)CN)C(=O)O. The van der Waals surface area contributed by atoms with Crippen molar-refractivity contribution >= 4 is 11.8 Å². The molecule has 5 nitrogen and oxygen atoms in total. The second-order valence-corrected chi connectivity index (χ2v) is 4.18. The minimum Gasteiger partial charge on any atom is -0.481 e. The molecule has 0 fully saturated rings. The maximum atomic E-state index is 11.4. The van der Waals surface area contributed by atoms with Gasteiger partial charge in [-0.25, -0.2) is 0 Å². The monoisotopic (exact) mass is 216 g/mol. The molecule has 0 unspecified atom stereocenters. The van der Waals surface area contributed by atoms with Crippen molar-refractivity contribution in [3.63, 3.8) is 0 Å². The Morgan fingerprint density at radius 3 is 2.20 bits per heavy atom. The van der Waals surface area contributed by atoms with Gasteiger partial charge in [0, 0.05) is 13.0 Å². The first-order valence-corrected chi connectivity index (χ1v) is 5.09. The van der Waals surface area contributed by atoms with E-state index in [0.29, 0.717) is 6.42 Å². The molecule has 5 heteroatoms. The van der Waals surface area contributed by atoms with E-state index in [9.17, 15) is 9.59 Å². The summed E-state index contributed by atoms with van der Waals surface area (Å²) in [6, 6.07) is -0.737. The van der Waals surface area contributed by atoms with Gasteiger partial charge in [0.25, 0.3) is 0 Å². The highest BCUT2D eigenvalue weighted by atomic mass is 16.4. The Labute approximate surface area is 89.8 Å². The first kappa shape index (κ1) is 14.1. The zero-order valence-corrected chi connectivity index (χ0v) is 9.27. The lowest BCUT2D eigenvalue weighted by Gasteiger charge is -2.15. The topological polar surface area (TPSA) is 106 Å². The van der Waals surface area contributed by atoms with E-state index in [1.165, 1.54) is 0 Å². The summed E-state index contributed by atoms with van der Waals surface area (Å²) in [5.41, 5.74) is 10.7. The molecule has 0 spiro atoms. The molecule has 5 N–H and O–H groups in total. The maximum absolute atomic E-state index is 11.4. The van der Waals surface area contributed by atoms with E-state index >= 15 is 0 Å². The number of nitrogens with two attached hydrogens (primary N) is 2. The quantitative estimate of drug-likeness (QED) is 0.554. The largest absolute Gasteiger partial charge is 0.481 e. The van der Waals surface area contributed by atoms with Crippen LogP contribution in [0.4, 0.5) is 0 Å². The van der Waals surface area contributed by atoms with Gasteiger partial charge in [0.1, 0.15) is 0 Å². The fraction of sp³-hybridized carbons (Fsp3) is 0.800. The number of ketones is 1. The summed E-state index contributed by atoms with van der Waals surface area (Å²) in [7, 11) is 0. The van der Waals surface area contributed by atoms with Crippen LogP contribution in [0.25, 0.3) is 0 Å². The van der Waals surface area contributed by atoms with Gasteiger partial charge < -0.3 is 16.6 Å². The van der Waals surface area contributed by atoms with E-state index in [0.717, 1.165) is 0 Å². The number of hydrogen-bond acceptors (Lipinski definition) is 4. The van der Waals surface area contributed by atoms with Gasteiger partial charge in [-0.1, -0.05) is 13.8 Å². The van der Waals surface area contributed by atoms with Crippen molar-refractivity contribution in [1.29, 1.82) is 0 Å². The minimum absolute atomic E-state index is 0.0219. The van der Waals surface area contributed by atoms with Crippen molar-refractivity contribution in [2.24, 2.45) is 23.3 Å². The molecule has 0 aliphatic carbocycles. The van der Waals surface area contributed by atoms with E-state index in [-0.39, 0.29) is 24.7 Å². The van der Waals surface area contributed by atoms with E-state index in [1.54, 1.807) is 0 Å². The number of carbonyl (C=O) groups excluding carboxylic acids is 1. The third kappa shape index (κ3) is 5.49. The van der Waals surface area contributed by atoms with Gasteiger partial charge in [0.15, 0.2) is 5.78 Å². The lowest BCUT2D eigenvalue weighted by Crippen LogP contribution is -2.39. The molecule has 0 bridgehead atoms. The molecule has 0 rings (SSSR count). The summed E-state index contributed by atoms with van der Waals surface area (Å²) in [6.45, 7) is 3.90. The van der Waals surface area contributed by atoms with Crippen LogP contribution in [0, 0.1) is 11.8 Å². The van der Waals surface area contributed by atoms with E-state index in [4.69, 9.17) is 16.6 Å². The van der Waals surface area contributed by atoms with Crippen LogP contribution in [0.2, 0.25) is 0 Å². The third-order valence-electron chi connectivity index (χ3n) is 2.22. The lowest BCUT2D eigenvalue weighted by molar-refractivity contribution is -0.144. The Morgan fingerprint density at radius 1 is 1.33 bits per heavy atom. The van der Waals surface area contributed by atoms with Gasteiger partial charge in [-0.3, -0.25) is 9.59 Å². The zero-order valence-electron chi connectivity index (χ0n) is 9.27. The van der Waals surface area contributed by atoms with Gasteiger partial charge in [-0.2, -0.15) is 0 Å². The second-order valence-electron chi connectivity index (χ2n) is 4.18. The molecule has 0 aromatic carbocycles. The fourth-order valence-corrected chi connectivity index (χ4v) is 1.37. The zero-order chi connectivity index (χ0) is 12.0. The van der Waals surface area contributed by atoms with Crippen LogP contribution in [0.3, 0.4) is 0 Å². The molecule has 0 saturated heterocycles. The number of Topliss-reactive ketones (excluding diaryl/α,β-unsaturated/α-hetero) is 1. The van der Waals surface area contributed by atoms with Gasteiger partial charge in [0.05, 0.1) is 12.0 Å². The van der Waals surface area contributed by atoms with Crippen LogP contribution in [0.15, 0.2) is 0 Å². The molecule has 2 atom stereocenters. The molecule has 15 heavy (non-hydrogen) atoms. The van der Waals surface area contributed by atoms with Crippen LogP contribution in [0.1, 0.15) is 26.7 Å². The molecule has 0 radical (unpaired) electrons. The molecular formula is C10H20N2O3. The van der Waals surface area contributed by atoms with Crippen LogP contribution >= 0.6 is 0 Å². The number of hydrogen-bond donors (Lipinski definition) is 3. The van der Waals surface area contributed by atoms with Crippen molar-refractivity contribution < 1.29 is 14.7 Å². The molecule has 0 saturated carbocycles. The number of rotatable bonds is 7. The van der Waals surface area contributed by atoms with E-state index in [2.05, 4.69) is 0 Å². The minimum atomic E-state index is -0.943. The van der Waals surface area contributed by atoms with Crippen LogP contribution < -0.4 is 11.5 Å². The summed E-state index contributed by atoms with van der Waals surface area (Å²) < 4.78 is 0. The van der Waals surface area contributed by atoms with Crippen molar-refractivity contribution in [2.45, 2.75) is 32.7 Å². The smallest absolute Gasteiger partial charge is 0.306 e. The van der Waals surface area contributed by atoms with Crippen molar-refractivity contribution in [2.75, 3.05) is 6.54 Å². The van der Waals surface area contributed by atoms with Crippen LogP contribution in [-0.4, -0.2) is 29.4 Å². The van der Waals surface area contributed by atoms with E-state index in [1.807, 2.05) is 13.8 Å². The third-order valence-corrected chi connectivity index (χ3v) is 2.22. The van der Waals surface area contributed by atoms with Gasteiger partial charge in [-0.15, -0.1) is 0 Å². The number of aliphatic carboxylic acids is 1. The van der Waals surface area contributed by atoms with Crippen LogP contribution in [0.5, 0.6) is 0 Å². The maximum Gasteiger partial charge on any atom is 0.306 e. The highest BCUT2D eigenvalue weighted by Crippen LogP contribution is 2.16. The second kappa shape index (κ2) is 6.53. The first-order chi connectivity index (χ1) is 6.88. The first-order valence-electron chi connectivity index (χ1n) is 5.09. The Morgan fingerprint density at radius 2 is 1.87 bits per heavy atom. The number of carboxylic acids is 1.